The number of ether oxygens (including phenoxy) is 1. The van der Waals surface area contributed by atoms with E-state index in [2.05, 4.69) is 25.3 Å². The highest BCUT2D eigenvalue weighted by atomic mass is 19.1. The van der Waals surface area contributed by atoms with Gasteiger partial charge < -0.3 is 21.5 Å². The Balaban J connectivity index is 1.96. The minimum Gasteiger partial charge on any atom is -0.472 e. The Morgan fingerprint density at radius 2 is 2.12 bits per heavy atom. The van der Waals surface area contributed by atoms with Crippen molar-refractivity contribution in [2.75, 3.05) is 13.2 Å². The van der Waals surface area contributed by atoms with Crippen LogP contribution in [0.2, 0.25) is 0 Å². The number of nitrogens with two attached hydrogens (primary N) is 2. The average molecular weight is 364 g/mol. The van der Waals surface area contributed by atoms with Gasteiger partial charge in [0.15, 0.2) is 5.84 Å². The summed E-state index contributed by atoms with van der Waals surface area (Å²) in [6, 6.07) is 4.25. The van der Waals surface area contributed by atoms with Crippen LogP contribution in [-0.2, 0) is 9.59 Å². The van der Waals surface area contributed by atoms with E-state index in [0.717, 1.165) is 0 Å². The highest BCUT2D eigenvalue weighted by molar-refractivity contribution is 5.99. The lowest BCUT2D eigenvalue weighted by Gasteiger charge is -2.05. The van der Waals surface area contributed by atoms with Gasteiger partial charge in [0.25, 0.3) is 5.88 Å². The molecule has 0 spiro atoms. The zero-order chi connectivity index (χ0) is 19.1. The summed E-state index contributed by atoms with van der Waals surface area (Å²) in [5.41, 5.74) is 11.7. The smallest absolute Gasteiger partial charge is 0.287 e. The lowest BCUT2D eigenvalue weighted by molar-refractivity contribution is -0.127. The molecule has 5 N–H and O–H groups in total. The predicted octanol–water partition coefficient (Wildman–Crippen LogP) is -0.0755. The minimum absolute atomic E-state index is 0.0192. The van der Waals surface area contributed by atoms with Crippen molar-refractivity contribution < 1.29 is 23.3 Å². The molecule has 0 aliphatic carbocycles. The van der Waals surface area contributed by atoms with Crippen molar-refractivity contribution in [3.63, 3.8) is 0 Å². The predicted molar refractivity (Wildman–Crippen MR) is 88.1 cm³/mol. The van der Waals surface area contributed by atoms with E-state index in [1.165, 1.54) is 18.2 Å². The molecule has 11 heteroatoms. The van der Waals surface area contributed by atoms with Gasteiger partial charge in [0, 0.05) is 0 Å². The number of hydrogen-bond acceptors (Lipinski definition) is 7. The van der Waals surface area contributed by atoms with Crippen molar-refractivity contribution in [2.24, 2.45) is 16.5 Å². The molecule has 0 aliphatic heterocycles. The second-order valence-corrected chi connectivity index (χ2v) is 5.19. The standard InChI is InChI=1S/C15H17FN6O4/c1-8-6-9(2-3-10(8)16)20-14(18)13-15(22-26-21-13)25-5-4-19-12(24)7-11(17)23/h2-3,6H,4-5,7H2,1H3,(H2,17,23)(H2,18,20)(H,19,24). The van der Waals surface area contributed by atoms with E-state index >= 15 is 0 Å². The molecule has 26 heavy (non-hydrogen) atoms. The van der Waals surface area contributed by atoms with Gasteiger partial charge >= 0.3 is 0 Å². The van der Waals surface area contributed by atoms with Gasteiger partial charge in [0.05, 0.1) is 12.2 Å². The molecule has 0 saturated heterocycles. The summed E-state index contributed by atoms with van der Waals surface area (Å²) >= 11 is 0. The number of carbonyl (C=O) groups is 2. The first-order chi connectivity index (χ1) is 12.4. The first-order valence-electron chi connectivity index (χ1n) is 7.48. The summed E-state index contributed by atoms with van der Waals surface area (Å²) in [7, 11) is 0. The second-order valence-electron chi connectivity index (χ2n) is 5.19. The number of benzene rings is 1. The molecule has 0 bridgehead atoms. The molecule has 2 amide bonds. The van der Waals surface area contributed by atoms with Crippen LogP contribution in [0.1, 0.15) is 17.7 Å². The van der Waals surface area contributed by atoms with Gasteiger partial charge in [-0.25, -0.2) is 14.0 Å². The van der Waals surface area contributed by atoms with Crippen LogP contribution in [0.5, 0.6) is 5.88 Å². The van der Waals surface area contributed by atoms with Crippen molar-refractivity contribution in [1.29, 1.82) is 0 Å². The van der Waals surface area contributed by atoms with E-state index < -0.39 is 18.2 Å². The SMILES string of the molecule is Cc1cc(N=C(N)c2nonc2OCCNC(=O)CC(N)=O)ccc1F. The van der Waals surface area contributed by atoms with Gasteiger partial charge in [0.2, 0.25) is 17.5 Å². The molecule has 2 aromatic rings. The topological polar surface area (TPSA) is 159 Å². The number of aromatic nitrogens is 2. The van der Waals surface area contributed by atoms with Crippen LogP contribution in [0, 0.1) is 12.7 Å². The van der Waals surface area contributed by atoms with Gasteiger partial charge in [-0.1, -0.05) is 0 Å². The number of rotatable bonds is 8. The Morgan fingerprint density at radius 3 is 2.81 bits per heavy atom. The third-order valence-electron chi connectivity index (χ3n) is 3.09. The molecular weight excluding hydrogens is 347 g/mol. The normalized spacial score (nSPS) is 11.2. The highest BCUT2D eigenvalue weighted by Crippen LogP contribution is 2.19. The fourth-order valence-electron chi connectivity index (χ4n) is 1.88. The Hall–Kier alpha value is -3.50. The molecule has 1 aromatic heterocycles. The maximum atomic E-state index is 13.3. The van der Waals surface area contributed by atoms with E-state index in [-0.39, 0.29) is 36.4 Å². The fourth-order valence-corrected chi connectivity index (χ4v) is 1.88. The number of nitrogens with zero attached hydrogens (tertiary/aromatic N) is 3. The number of nitrogens with one attached hydrogen (secondary N) is 1. The highest BCUT2D eigenvalue weighted by Gasteiger charge is 2.16. The molecule has 0 saturated carbocycles. The molecule has 138 valence electrons. The lowest BCUT2D eigenvalue weighted by atomic mass is 10.2. The number of amides is 2. The lowest BCUT2D eigenvalue weighted by Crippen LogP contribution is -2.31. The zero-order valence-electron chi connectivity index (χ0n) is 13.9. The van der Waals surface area contributed by atoms with E-state index in [4.69, 9.17) is 16.2 Å². The monoisotopic (exact) mass is 364 g/mol. The zero-order valence-corrected chi connectivity index (χ0v) is 13.9. The van der Waals surface area contributed by atoms with E-state index in [0.29, 0.717) is 11.3 Å². The van der Waals surface area contributed by atoms with E-state index in [1.807, 2.05) is 0 Å². The summed E-state index contributed by atoms with van der Waals surface area (Å²) in [4.78, 5) is 26.0. The Morgan fingerprint density at radius 1 is 1.35 bits per heavy atom. The number of halogens is 1. The third-order valence-corrected chi connectivity index (χ3v) is 3.09. The van der Waals surface area contributed by atoms with E-state index in [9.17, 15) is 14.0 Å². The van der Waals surface area contributed by atoms with Gasteiger partial charge in [-0.3, -0.25) is 9.59 Å². The van der Waals surface area contributed by atoms with Crippen molar-refractivity contribution >= 4 is 23.3 Å². The fraction of sp³-hybridized carbons (Fsp3) is 0.267. The summed E-state index contributed by atoms with van der Waals surface area (Å²) < 4.78 is 23.2. The van der Waals surface area contributed by atoms with Crippen LogP contribution in [0.3, 0.4) is 0 Å². The van der Waals surface area contributed by atoms with Crippen molar-refractivity contribution in [2.45, 2.75) is 13.3 Å². The van der Waals surface area contributed by atoms with Crippen molar-refractivity contribution in [1.82, 2.24) is 15.6 Å². The molecule has 0 fully saturated rings. The number of hydrogen-bond donors (Lipinski definition) is 3. The van der Waals surface area contributed by atoms with Crippen LogP contribution < -0.4 is 21.5 Å². The van der Waals surface area contributed by atoms with Crippen LogP contribution in [0.4, 0.5) is 10.1 Å². The van der Waals surface area contributed by atoms with Crippen LogP contribution in [0.25, 0.3) is 0 Å². The first-order valence-corrected chi connectivity index (χ1v) is 7.48. The van der Waals surface area contributed by atoms with Crippen LogP contribution in [-0.4, -0.2) is 41.1 Å². The van der Waals surface area contributed by atoms with Gasteiger partial charge in [0.1, 0.15) is 18.8 Å². The van der Waals surface area contributed by atoms with Crippen molar-refractivity contribution in [3.8, 4) is 5.88 Å². The van der Waals surface area contributed by atoms with Gasteiger partial charge in [-0.2, -0.15) is 0 Å². The molecule has 1 heterocycles. The average Bonchev–Trinajstić information content (AvgIpc) is 3.03. The van der Waals surface area contributed by atoms with Gasteiger partial charge in [-0.15, -0.1) is 0 Å². The second kappa shape index (κ2) is 8.55. The summed E-state index contributed by atoms with van der Waals surface area (Å²) in [6.45, 7) is 1.73. The van der Waals surface area contributed by atoms with E-state index in [1.54, 1.807) is 6.92 Å². The maximum Gasteiger partial charge on any atom is 0.287 e. The number of amidine groups is 1. The summed E-state index contributed by atoms with van der Waals surface area (Å²) in [6.07, 6.45) is -0.409. The molecule has 10 nitrogen and oxygen atoms in total. The summed E-state index contributed by atoms with van der Waals surface area (Å²) in [5.74, 6) is -1.66. The molecular formula is C15H17FN6O4. The quantitative estimate of drug-likeness (QED) is 0.256. The maximum absolute atomic E-state index is 13.3. The number of aryl methyl sites for hydroxylation is 1. The van der Waals surface area contributed by atoms with Crippen LogP contribution in [0.15, 0.2) is 27.8 Å². The number of aliphatic imine (C=N–C) groups is 1. The van der Waals surface area contributed by atoms with Gasteiger partial charge in [-0.05, 0) is 41.0 Å². The Kier molecular flexibility index (Phi) is 6.20. The molecule has 0 radical (unpaired) electrons. The Labute approximate surface area is 147 Å². The molecule has 0 unspecified atom stereocenters. The molecule has 1 aromatic carbocycles. The minimum atomic E-state index is -0.730. The van der Waals surface area contributed by atoms with Crippen molar-refractivity contribution in [3.05, 3.63) is 35.3 Å². The number of carbonyl (C=O) groups excluding carboxylic acids is 2. The molecule has 0 aliphatic rings. The molecule has 2 rings (SSSR count). The molecule has 0 atom stereocenters. The third kappa shape index (κ3) is 5.26. The Bertz CT molecular complexity index is 835. The summed E-state index contributed by atoms with van der Waals surface area (Å²) in [5, 5.41) is 9.61. The first kappa shape index (κ1) is 18.8. The van der Waals surface area contributed by atoms with Crippen LogP contribution >= 0.6 is 0 Å². The largest absolute Gasteiger partial charge is 0.472 e. The number of primary amides is 1.